The van der Waals surface area contributed by atoms with Crippen molar-refractivity contribution in [1.82, 2.24) is 4.90 Å². The van der Waals surface area contributed by atoms with Crippen LogP contribution in [0, 0.1) is 5.92 Å². The van der Waals surface area contributed by atoms with E-state index in [0.29, 0.717) is 18.4 Å². The van der Waals surface area contributed by atoms with E-state index in [9.17, 15) is 4.79 Å². The van der Waals surface area contributed by atoms with E-state index in [1.165, 1.54) is 12.8 Å². The Kier molecular flexibility index (Phi) is 8.07. The molecule has 0 radical (unpaired) electrons. The van der Waals surface area contributed by atoms with Gasteiger partial charge in [0.05, 0.1) is 0 Å². The number of unbranched alkanes of at least 4 members (excludes halogenated alkanes) is 2. The molecule has 0 aromatic heterocycles. The van der Waals surface area contributed by atoms with Gasteiger partial charge in [-0.15, -0.1) is 0 Å². The first kappa shape index (κ1) is 16.4. The molecule has 4 heteroatoms. The number of aliphatic hydroxyl groups is 1. The third-order valence-electron chi connectivity index (χ3n) is 4.24. The van der Waals surface area contributed by atoms with E-state index in [1.807, 2.05) is 11.9 Å². The molecule has 0 aromatic rings. The third-order valence-corrected chi connectivity index (χ3v) is 4.24. The number of hydrogen-bond acceptors (Lipinski definition) is 3. The maximum absolute atomic E-state index is 12.0. The smallest absolute Gasteiger partial charge is 0.222 e. The molecule has 1 aliphatic carbocycles. The zero-order valence-electron chi connectivity index (χ0n) is 12.3. The van der Waals surface area contributed by atoms with Crippen molar-refractivity contribution in [2.75, 3.05) is 20.2 Å². The molecule has 0 atom stereocenters. The summed E-state index contributed by atoms with van der Waals surface area (Å²) in [6, 6.07) is 0.390. The molecule has 4 nitrogen and oxygen atoms in total. The minimum atomic E-state index is 0.251. The highest BCUT2D eigenvalue weighted by atomic mass is 16.2. The number of rotatable bonds is 8. The van der Waals surface area contributed by atoms with Crippen molar-refractivity contribution in [3.63, 3.8) is 0 Å². The van der Waals surface area contributed by atoms with Gasteiger partial charge in [0.15, 0.2) is 0 Å². The van der Waals surface area contributed by atoms with E-state index in [2.05, 4.69) is 0 Å². The van der Waals surface area contributed by atoms with Gasteiger partial charge < -0.3 is 15.7 Å². The van der Waals surface area contributed by atoms with Crippen LogP contribution in [-0.2, 0) is 4.79 Å². The van der Waals surface area contributed by atoms with Crippen LogP contribution < -0.4 is 5.73 Å². The molecule has 1 rings (SSSR count). The van der Waals surface area contributed by atoms with Crippen molar-refractivity contribution in [3.05, 3.63) is 0 Å². The van der Waals surface area contributed by atoms with Crippen molar-refractivity contribution in [3.8, 4) is 0 Å². The van der Waals surface area contributed by atoms with Gasteiger partial charge in [0.1, 0.15) is 0 Å². The van der Waals surface area contributed by atoms with Gasteiger partial charge in [0.25, 0.3) is 0 Å². The van der Waals surface area contributed by atoms with E-state index in [1.54, 1.807) is 0 Å². The molecular formula is C15H30N2O2. The second-order valence-corrected chi connectivity index (χ2v) is 5.92. The lowest BCUT2D eigenvalue weighted by Crippen LogP contribution is -2.29. The van der Waals surface area contributed by atoms with Crippen LogP contribution in [-0.4, -0.2) is 42.2 Å². The molecule has 1 fully saturated rings. The van der Waals surface area contributed by atoms with Crippen LogP contribution in [0.15, 0.2) is 0 Å². The van der Waals surface area contributed by atoms with Gasteiger partial charge in [-0.3, -0.25) is 4.79 Å². The first-order valence-corrected chi connectivity index (χ1v) is 7.74. The normalized spacial score (nSPS) is 23.3. The van der Waals surface area contributed by atoms with Crippen molar-refractivity contribution >= 4 is 5.91 Å². The van der Waals surface area contributed by atoms with Gasteiger partial charge in [-0.2, -0.15) is 0 Å². The van der Waals surface area contributed by atoms with Crippen molar-refractivity contribution < 1.29 is 9.90 Å². The summed E-state index contributed by atoms with van der Waals surface area (Å²) in [5.74, 6) is 0.963. The van der Waals surface area contributed by atoms with Crippen LogP contribution in [0.1, 0.15) is 57.8 Å². The molecule has 3 N–H and O–H groups in total. The predicted molar refractivity (Wildman–Crippen MR) is 77.7 cm³/mol. The van der Waals surface area contributed by atoms with Gasteiger partial charge in [-0.25, -0.2) is 0 Å². The van der Waals surface area contributed by atoms with Crippen molar-refractivity contribution in [2.45, 2.75) is 63.8 Å². The van der Waals surface area contributed by atoms with Crippen molar-refractivity contribution in [2.24, 2.45) is 11.7 Å². The average molecular weight is 270 g/mol. The molecule has 1 amide bonds. The SMILES string of the molecule is CN(CCCCCO)C(=O)CCC1CCC(N)CC1. The minimum Gasteiger partial charge on any atom is -0.396 e. The van der Waals surface area contributed by atoms with Gasteiger partial charge in [-0.05, 0) is 57.3 Å². The summed E-state index contributed by atoms with van der Waals surface area (Å²) in [6.07, 6.45) is 9.14. The Labute approximate surface area is 117 Å². The molecule has 0 spiro atoms. The lowest BCUT2D eigenvalue weighted by atomic mass is 9.84. The molecule has 1 saturated carbocycles. The lowest BCUT2D eigenvalue weighted by molar-refractivity contribution is -0.130. The Bertz CT molecular complexity index is 251. The Morgan fingerprint density at radius 1 is 1.21 bits per heavy atom. The van der Waals surface area contributed by atoms with Crippen LogP contribution in [0.5, 0.6) is 0 Å². The minimum absolute atomic E-state index is 0.251. The number of amides is 1. The lowest BCUT2D eigenvalue weighted by Gasteiger charge is -2.26. The second-order valence-electron chi connectivity index (χ2n) is 5.92. The standard InChI is InChI=1S/C15H30N2O2/c1-17(11-3-2-4-12-18)15(19)10-7-13-5-8-14(16)9-6-13/h13-14,18H,2-12,16H2,1H3. The Balaban J connectivity index is 2.09. The molecule has 0 saturated heterocycles. The van der Waals surface area contributed by atoms with Gasteiger partial charge >= 0.3 is 0 Å². The maximum atomic E-state index is 12.0. The summed E-state index contributed by atoms with van der Waals surface area (Å²) in [5, 5.41) is 8.70. The van der Waals surface area contributed by atoms with Crippen LogP contribution in [0.25, 0.3) is 0 Å². The van der Waals surface area contributed by atoms with Gasteiger partial charge in [-0.1, -0.05) is 0 Å². The predicted octanol–water partition coefficient (Wildman–Crippen LogP) is 1.91. The van der Waals surface area contributed by atoms with Crippen LogP contribution in [0.2, 0.25) is 0 Å². The fourth-order valence-electron chi connectivity index (χ4n) is 2.76. The van der Waals surface area contributed by atoms with Crippen LogP contribution in [0.4, 0.5) is 0 Å². The first-order chi connectivity index (χ1) is 9.13. The number of carbonyl (C=O) groups is 1. The number of hydrogen-bond donors (Lipinski definition) is 2. The number of aliphatic hydroxyl groups excluding tert-OH is 1. The fourth-order valence-corrected chi connectivity index (χ4v) is 2.76. The van der Waals surface area contributed by atoms with E-state index in [4.69, 9.17) is 10.8 Å². The molecule has 112 valence electrons. The number of carbonyl (C=O) groups excluding carboxylic acids is 1. The number of nitrogens with two attached hydrogens (primary N) is 1. The van der Waals surface area contributed by atoms with E-state index in [0.717, 1.165) is 45.1 Å². The Hall–Kier alpha value is -0.610. The zero-order valence-corrected chi connectivity index (χ0v) is 12.3. The third kappa shape index (κ3) is 6.92. The number of nitrogens with zero attached hydrogens (tertiary/aromatic N) is 1. The monoisotopic (exact) mass is 270 g/mol. The Morgan fingerprint density at radius 2 is 1.89 bits per heavy atom. The topological polar surface area (TPSA) is 66.6 Å². The summed E-state index contributed by atoms with van der Waals surface area (Å²) in [7, 11) is 1.89. The maximum Gasteiger partial charge on any atom is 0.222 e. The zero-order chi connectivity index (χ0) is 14.1. The first-order valence-electron chi connectivity index (χ1n) is 7.74. The Morgan fingerprint density at radius 3 is 2.53 bits per heavy atom. The fraction of sp³-hybridized carbons (Fsp3) is 0.933. The highest BCUT2D eigenvalue weighted by Crippen LogP contribution is 2.27. The molecule has 0 unspecified atom stereocenters. The summed E-state index contributed by atoms with van der Waals surface area (Å²) in [6.45, 7) is 1.07. The van der Waals surface area contributed by atoms with E-state index >= 15 is 0 Å². The van der Waals surface area contributed by atoms with Gasteiger partial charge in [0.2, 0.25) is 5.91 Å². The van der Waals surface area contributed by atoms with E-state index in [-0.39, 0.29) is 12.5 Å². The molecule has 0 bridgehead atoms. The summed E-state index contributed by atoms with van der Waals surface area (Å²) >= 11 is 0. The molecule has 1 aliphatic rings. The summed E-state index contributed by atoms with van der Waals surface area (Å²) in [5.41, 5.74) is 5.89. The average Bonchev–Trinajstić information content (AvgIpc) is 2.42. The summed E-state index contributed by atoms with van der Waals surface area (Å²) in [4.78, 5) is 13.8. The van der Waals surface area contributed by atoms with Crippen molar-refractivity contribution in [1.29, 1.82) is 0 Å². The molecular weight excluding hydrogens is 240 g/mol. The van der Waals surface area contributed by atoms with E-state index < -0.39 is 0 Å². The molecule has 0 heterocycles. The highest BCUT2D eigenvalue weighted by molar-refractivity contribution is 5.75. The van der Waals surface area contributed by atoms with Crippen LogP contribution >= 0.6 is 0 Å². The second kappa shape index (κ2) is 9.32. The highest BCUT2D eigenvalue weighted by Gasteiger charge is 2.19. The van der Waals surface area contributed by atoms with Gasteiger partial charge in [0, 0.05) is 32.7 Å². The molecule has 19 heavy (non-hydrogen) atoms. The molecule has 0 aromatic carbocycles. The quantitative estimate of drug-likeness (QED) is 0.662. The molecule has 0 aliphatic heterocycles. The largest absolute Gasteiger partial charge is 0.396 e. The van der Waals surface area contributed by atoms with Crippen LogP contribution in [0.3, 0.4) is 0 Å². The summed E-state index contributed by atoms with van der Waals surface area (Å²) < 4.78 is 0.